The van der Waals surface area contributed by atoms with Gasteiger partial charge in [0.05, 0.1) is 12.8 Å². The second-order valence-corrected chi connectivity index (χ2v) is 6.58. The number of nitrogens with zero attached hydrogens (tertiary/aromatic N) is 1. The van der Waals surface area contributed by atoms with E-state index in [1.807, 2.05) is 18.4 Å². The number of hydrogen-bond acceptors (Lipinski definition) is 4. The van der Waals surface area contributed by atoms with Crippen LogP contribution < -0.4 is 4.90 Å². The van der Waals surface area contributed by atoms with E-state index in [0.29, 0.717) is 17.1 Å². The van der Waals surface area contributed by atoms with Crippen molar-refractivity contribution in [1.29, 1.82) is 0 Å². The van der Waals surface area contributed by atoms with Gasteiger partial charge in [0.1, 0.15) is 4.88 Å². The highest BCUT2D eigenvalue weighted by Gasteiger charge is 2.30. The normalized spacial score (nSPS) is 21.9. The standard InChI is InChI=1S/C16H23NO3S/c1-4-17(13-9-10-21-14(13)16(19)20-3)15(18)12-7-5-11(2)6-8-12/h9-12H,4-8H2,1-3H3. The molecule has 4 nitrogen and oxygen atoms in total. The highest BCUT2D eigenvalue weighted by Crippen LogP contribution is 2.33. The molecule has 0 N–H and O–H groups in total. The van der Waals surface area contributed by atoms with Crippen LogP contribution >= 0.6 is 11.3 Å². The number of hydrogen-bond donors (Lipinski definition) is 0. The van der Waals surface area contributed by atoms with Gasteiger partial charge in [0, 0.05) is 12.5 Å². The summed E-state index contributed by atoms with van der Waals surface area (Å²) < 4.78 is 4.80. The van der Waals surface area contributed by atoms with Crippen molar-refractivity contribution in [2.75, 3.05) is 18.6 Å². The molecular formula is C16H23NO3S. The molecular weight excluding hydrogens is 286 g/mol. The van der Waals surface area contributed by atoms with Crippen LogP contribution in [0, 0.1) is 11.8 Å². The van der Waals surface area contributed by atoms with Crippen LogP contribution in [-0.2, 0) is 9.53 Å². The summed E-state index contributed by atoms with van der Waals surface area (Å²) in [5.74, 6) is 0.582. The van der Waals surface area contributed by atoms with E-state index in [2.05, 4.69) is 6.92 Å². The van der Waals surface area contributed by atoms with Crippen LogP contribution in [0.25, 0.3) is 0 Å². The molecule has 0 atom stereocenters. The molecule has 0 bridgehead atoms. The largest absolute Gasteiger partial charge is 0.465 e. The molecule has 21 heavy (non-hydrogen) atoms. The second-order valence-electron chi connectivity index (χ2n) is 5.67. The van der Waals surface area contributed by atoms with E-state index in [-0.39, 0.29) is 17.8 Å². The van der Waals surface area contributed by atoms with Crippen molar-refractivity contribution in [2.24, 2.45) is 11.8 Å². The molecule has 0 spiro atoms. The Hall–Kier alpha value is -1.36. The first kappa shape index (κ1) is 16.0. The summed E-state index contributed by atoms with van der Waals surface area (Å²) in [5.41, 5.74) is 0.693. The van der Waals surface area contributed by atoms with Crippen LogP contribution in [0.2, 0.25) is 0 Å². The third-order valence-corrected chi connectivity index (χ3v) is 5.14. The molecule has 2 rings (SSSR count). The van der Waals surface area contributed by atoms with Gasteiger partial charge in [0.15, 0.2) is 0 Å². The summed E-state index contributed by atoms with van der Waals surface area (Å²) in [4.78, 5) is 26.8. The van der Waals surface area contributed by atoms with Gasteiger partial charge in [0.25, 0.3) is 0 Å². The minimum Gasteiger partial charge on any atom is -0.465 e. The fourth-order valence-electron chi connectivity index (χ4n) is 2.93. The highest BCUT2D eigenvalue weighted by atomic mass is 32.1. The van der Waals surface area contributed by atoms with E-state index in [1.165, 1.54) is 18.4 Å². The molecule has 1 aromatic heterocycles. The first-order valence-electron chi connectivity index (χ1n) is 7.55. The molecule has 1 aliphatic rings. The van der Waals surface area contributed by atoms with E-state index >= 15 is 0 Å². The van der Waals surface area contributed by atoms with Crippen molar-refractivity contribution >= 4 is 28.9 Å². The molecule has 0 aromatic carbocycles. The van der Waals surface area contributed by atoms with E-state index in [1.54, 1.807) is 4.90 Å². The zero-order chi connectivity index (χ0) is 15.4. The van der Waals surface area contributed by atoms with Gasteiger partial charge >= 0.3 is 5.97 Å². The average molecular weight is 309 g/mol. The fraction of sp³-hybridized carbons (Fsp3) is 0.625. The fourth-order valence-corrected chi connectivity index (χ4v) is 3.74. The van der Waals surface area contributed by atoms with Crippen molar-refractivity contribution in [3.63, 3.8) is 0 Å². The maximum absolute atomic E-state index is 12.8. The molecule has 0 aliphatic heterocycles. The van der Waals surface area contributed by atoms with Crippen molar-refractivity contribution in [1.82, 2.24) is 0 Å². The van der Waals surface area contributed by atoms with Gasteiger partial charge in [-0.2, -0.15) is 0 Å². The lowest BCUT2D eigenvalue weighted by molar-refractivity contribution is -0.123. The molecule has 0 radical (unpaired) electrons. The van der Waals surface area contributed by atoms with Gasteiger partial charge in [-0.25, -0.2) is 4.79 Å². The van der Waals surface area contributed by atoms with Gasteiger partial charge in [0.2, 0.25) is 5.91 Å². The van der Waals surface area contributed by atoms with Crippen molar-refractivity contribution in [3.05, 3.63) is 16.3 Å². The molecule has 0 saturated heterocycles. The SMILES string of the molecule is CCN(C(=O)C1CCC(C)CC1)c1ccsc1C(=O)OC. The average Bonchev–Trinajstić information content (AvgIpc) is 2.97. The Labute approximate surface area is 130 Å². The smallest absolute Gasteiger partial charge is 0.350 e. The van der Waals surface area contributed by atoms with Crippen LogP contribution in [0.15, 0.2) is 11.4 Å². The summed E-state index contributed by atoms with van der Waals surface area (Å²) in [5, 5.41) is 1.83. The molecule has 1 saturated carbocycles. The minimum absolute atomic E-state index is 0.0894. The van der Waals surface area contributed by atoms with Crippen LogP contribution in [0.3, 0.4) is 0 Å². The molecule has 116 valence electrons. The lowest BCUT2D eigenvalue weighted by atomic mass is 9.82. The molecule has 0 unspecified atom stereocenters. The Morgan fingerprint density at radius 2 is 2.00 bits per heavy atom. The third kappa shape index (κ3) is 3.46. The molecule has 1 aliphatic carbocycles. The lowest BCUT2D eigenvalue weighted by Gasteiger charge is -2.30. The van der Waals surface area contributed by atoms with E-state index in [0.717, 1.165) is 31.6 Å². The van der Waals surface area contributed by atoms with E-state index in [4.69, 9.17) is 4.74 Å². The highest BCUT2D eigenvalue weighted by molar-refractivity contribution is 7.12. The van der Waals surface area contributed by atoms with Crippen molar-refractivity contribution in [3.8, 4) is 0 Å². The maximum atomic E-state index is 12.8. The Morgan fingerprint density at radius 3 is 2.57 bits per heavy atom. The number of thiophene rings is 1. The Morgan fingerprint density at radius 1 is 1.33 bits per heavy atom. The van der Waals surface area contributed by atoms with E-state index < -0.39 is 0 Å². The predicted molar refractivity (Wildman–Crippen MR) is 84.8 cm³/mol. The Kier molecular flexibility index (Phi) is 5.39. The lowest BCUT2D eigenvalue weighted by Crippen LogP contribution is -2.38. The van der Waals surface area contributed by atoms with Crippen molar-refractivity contribution in [2.45, 2.75) is 39.5 Å². The summed E-state index contributed by atoms with van der Waals surface area (Å²) in [7, 11) is 1.37. The molecule has 1 fully saturated rings. The van der Waals surface area contributed by atoms with Gasteiger partial charge in [-0.3, -0.25) is 4.79 Å². The topological polar surface area (TPSA) is 46.6 Å². The number of ether oxygens (including phenoxy) is 1. The van der Waals surface area contributed by atoms with Crippen molar-refractivity contribution < 1.29 is 14.3 Å². The number of methoxy groups -OCH3 is 1. The number of rotatable bonds is 4. The second kappa shape index (κ2) is 7.07. The quantitative estimate of drug-likeness (QED) is 0.796. The van der Waals surface area contributed by atoms with E-state index in [9.17, 15) is 9.59 Å². The number of amides is 1. The van der Waals surface area contributed by atoms with Gasteiger partial charge in [-0.05, 0) is 50.0 Å². The van der Waals surface area contributed by atoms with Gasteiger partial charge < -0.3 is 9.64 Å². The Balaban J connectivity index is 2.18. The summed E-state index contributed by atoms with van der Waals surface area (Å²) in [6.45, 7) is 4.76. The minimum atomic E-state index is -0.372. The molecule has 1 heterocycles. The predicted octanol–water partition coefficient (Wildman–Crippen LogP) is 3.71. The van der Waals surface area contributed by atoms with Crippen LogP contribution in [0.1, 0.15) is 49.2 Å². The molecule has 5 heteroatoms. The first-order chi connectivity index (χ1) is 10.1. The van der Waals surface area contributed by atoms with Crippen LogP contribution in [-0.4, -0.2) is 25.5 Å². The zero-order valence-corrected chi connectivity index (χ0v) is 13.7. The Bertz CT molecular complexity index is 503. The number of esters is 1. The van der Waals surface area contributed by atoms with Crippen LogP contribution in [0.4, 0.5) is 5.69 Å². The monoisotopic (exact) mass is 309 g/mol. The van der Waals surface area contributed by atoms with Gasteiger partial charge in [-0.1, -0.05) is 6.92 Å². The number of anilines is 1. The number of carbonyl (C=O) groups is 2. The number of carbonyl (C=O) groups excluding carboxylic acids is 2. The zero-order valence-electron chi connectivity index (χ0n) is 12.9. The summed E-state index contributed by atoms with van der Waals surface area (Å²) >= 11 is 1.32. The van der Waals surface area contributed by atoms with Crippen LogP contribution in [0.5, 0.6) is 0 Å². The summed E-state index contributed by atoms with van der Waals surface area (Å²) in [6, 6.07) is 1.84. The third-order valence-electron chi connectivity index (χ3n) is 4.25. The molecule has 1 aromatic rings. The summed E-state index contributed by atoms with van der Waals surface area (Å²) in [6.07, 6.45) is 4.13. The molecule has 1 amide bonds. The maximum Gasteiger partial charge on any atom is 0.350 e. The first-order valence-corrected chi connectivity index (χ1v) is 8.43. The van der Waals surface area contributed by atoms with Gasteiger partial charge in [-0.15, -0.1) is 11.3 Å².